The van der Waals surface area contributed by atoms with E-state index in [0.29, 0.717) is 13.2 Å². The smallest absolute Gasteiger partial charge is 0.252 e. The van der Waals surface area contributed by atoms with Gasteiger partial charge in [-0.15, -0.1) is 0 Å². The number of hydrogen-bond acceptors (Lipinski definition) is 3. The Hall–Kier alpha value is -2.01. The fourth-order valence-electron chi connectivity index (χ4n) is 3.51. The van der Waals surface area contributed by atoms with Crippen LogP contribution in [0, 0.1) is 0 Å². The topological polar surface area (TPSA) is 54.6 Å². The molecule has 5 nitrogen and oxygen atoms in total. The number of carbonyl (C=O) groups is 1. The van der Waals surface area contributed by atoms with Crippen LogP contribution in [0.15, 0.2) is 18.2 Å². The van der Waals surface area contributed by atoms with Crippen molar-refractivity contribution < 1.29 is 14.3 Å². The van der Waals surface area contributed by atoms with Gasteiger partial charge in [-0.2, -0.15) is 0 Å². The Bertz CT molecular complexity index is 716. The predicted molar refractivity (Wildman–Crippen MR) is 82.9 cm³/mol. The lowest BCUT2D eigenvalue weighted by molar-refractivity contribution is -0.141. The largest absolute Gasteiger partial charge is 0.497 e. The summed E-state index contributed by atoms with van der Waals surface area (Å²) in [6.07, 6.45) is 2.49. The van der Waals surface area contributed by atoms with Gasteiger partial charge < -0.3 is 19.4 Å². The Labute approximate surface area is 129 Å². The van der Waals surface area contributed by atoms with E-state index in [1.54, 1.807) is 7.11 Å². The van der Waals surface area contributed by atoms with Gasteiger partial charge in [0.05, 0.1) is 13.7 Å². The number of amides is 1. The Morgan fingerprint density at radius 2 is 2.36 bits per heavy atom. The van der Waals surface area contributed by atoms with E-state index in [0.717, 1.165) is 42.8 Å². The summed E-state index contributed by atoms with van der Waals surface area (Å²) in [6, 6.07) is 6.07. The minimum atomic E-state index is -0.231. The standard InChI is InChI=1S/C17H20N2O3/c1-21-11-4-5-14-13(9-11)12-6-7-19(10-15(12)18-14)17(20)16-3-2-8-22-16/h4-5,9,16,18H,2-3,6-8,10H2,1H3. The zero-order chi connectivity index (χ0) is 15.1. The second-order valence-corrected chi connectivity index (χ2v) is 6.01. The molecule has 1 unspecified atom stereocenters. The summed E-state index contributed by atoms with van der Waals surface area (Å²) in [5.41, 5.74) is 3.56. The molecule has 0 aliphatic carbocycles. The fraction of sp³-hybridized carbons (Fsp3) is 0.471. The molecule has 2 aliphatic rings. The maximum absolute atomic E-state index is 12.5. The van der Waals surface area contributed by atoms with Crippen molar-refractivity contribution in [3.05, 3.63) is 29.5 Å². The summed E-state index contributed by atoms with van der Waals surface area (Å²) in [5, 5.41) is 1.21. The third-order valence-electron chi connectivity index (χ3n) is 4.70. The van der Waals surface area contributed by atoms with Gasteiger partial charge in [0.2, 0.25) is 0 Å². The highest BCUT2D eigenvalue weighted by molar-refractivity contribution is 5.87. The van der Waals surface area contributed by atoms with Gasteiger partial charge >= 0.3 is 0 Å². The number of fused-ring (bicyclic) bond motifs is 3. The number of H-pyrrole nitrogens is 1. The van der Waals surface area contributed by atoms with Crippen LogP contribution < -0.4 is 4.74 Å². The number of aromatic nitrogens is 1. The first-order valence-corrected chi connectivity index (χ1v) is 7.84. The van der Waals surface area contributed by atoms with Crippen LogP contribution in [0.1, 0.15) is 24.1 Å². The summed E-state index contributed by atoms with van der Waals surface area (Å²) in [6.45, 7) is 2.11. The third kappa shape index (κ3) is 2.16. The van der Waals surface area contributed by atoms with E-state index in [1.807, 2.05) is 17.0 Å². The van der Waals surface area contributed by atoms with Crippen LogP contribution in [0.25, 0.3) is 10.9 Å². The van der Waals surface area contributed by atoms with Gasteiger partial charge in [-0.05, 0) is 43.0 Å². The molecule has 0 saturated carbocycles. The minimum absolute atomic E-state index is 0.138. The van der Waals surface area contributed by atoms with Gasteiger partial charge in [0.25, 0.3) is 5.91 Å². The number of hydrogen-bond donors (Lipinski definition) is 1. The normalized spacial score (nSPS) is 21.1. The fourth-order valence-corrected chi connectivity index (χ4v) is 3.51. The molecule has 2 aliphatic heterocycles. The second kappa shape index (κ2) is 5.32. The van der Waals surface area contributed by atoms with Gasteiger partial charge in [-0.25, -0.2) is 0 Å². The average Bonchev–Trinajstić information content (AvgIpc) is 3.20. The van der Waals surface area contributed by atoms with E-state index >= 15 is 0 Å². The summed E-state index contributed by atoms with van der Waals surface area (Å²) >= 11 is 0. The molecule has 1 atom stereocenters. The SMILES string of the molecule is COc1ccc2[nH]c3c(c2c1)CCN(C(=O)C1CCCO1)C3. The molecular weight excluding hydrogens is 280 g/mol. The number of methoxy groups -OCH3 is 1. The highest BCUT2D eigenvalue weighted by Crippen LogP contribution is 2.31. The van der Waals surface area contributed by atoms with Crippen molar-refractivity contribution in [2.45, 2.75) is 31.9 Å². The third-order valence-corrected chi connectivity index (χ3v) is 4.70. The number of carbonyl (C=O) groups excluding carboxylic acids is 1. The first-order valence-electron chi connectivity index (χ1n) is 7.84. The first kappa shape index (κ1) is 13.6. The van der Waals surface area contributed by atoms with Crippen molar-refractivity contribution in [3.8, 4) is 5.75 Å². The molecule has 3 heterocycles. The Morgan fingerprint density at radius 1 is 1.45 bits per heavy atom. The average molecular weight is 300 g/mol. The molecule has 2 aromatic rings. The second-order valence-electron chi connectivity index (χ2n) is 6.01. The molecule has 1 aromatic carbocycles. The molecule has 1 saturated heterocycles. The molecular formula is C17H20N2O3. The van der Waals surface area contributed by atoms with Crippen LogP contribution in [-0.4, -0.2) is 42.2 Å². The number of nitrogens with one attached hydrogen (secondary N) is 1. The van der Waals surface area contributed by atoms with Gasteiger partial charge in [-0.1, -0.05) is 0 Å². The van der Waals surface area contributed by atoms with Gasteiger partial charge in [0.15, 0.2) is 0 Å². The maximum atomic E-state index is 12.5. The molecule has 1 amide bonds. The predicted octanol–water partition coefficient (Wildman–Crippen LogP) is 2.24. The van der Waals surface area contributed by atoms with E-state index in [-0.39, 0.29) is 12.0 Å². The summed E-state index contributed by atoms with van der Waals surface area (Å²) in [4.78, 5) is 17.9. The molecule has 116 valence electrons. The first-order chi connectivity index (χ1) is 10.8. The lowest BCUT2D eigenvalue weighted by Crippen LogP contribution is -2.41. The van der Waals surface area contributed by atoms with Crippen molar-refractivity contribution in [2.75, 3.05) is 20.3 Å². The van der Waals surface area contributed by atoms with Crippen LogP contribution in [-0.2, 0) is 22.5 Å². The van der Waals surface area contributed by atoms with Crippen LogP contribution >= 0.6 is 0 Å². The van der Waals surface area contributed by atoms with E-state index in [4.69, 9.17) is 9.47 Å². The van der Waals surface area contributed by atoms with Gasteiger partial charge in [0.1, 0.15) is 11.9 Å². The van der Waals surface area contributed by atoms with E-state index in [9.17, 15) is 4.79 Å². The van der Waals surface area contributed by atoms with Gasteiger partial charge in [0, 0.05) is 29.7 Å². The minimum Gasteiger partial charge on any atom is -0.497 e. The summed E-state index contributed by atoms with van der Waals surface area (Å²) < 4.78 is 10.8. The van der Waals surface area contributed by atoms with Crippen molar-refractivity contribution in [1.29, 1.82) is 0 Å². The number of ether oxygens (including phenoxy) is 2. The highest BCUT2D eigenvalue weighted by atomic mass is 16.5. The Kier molecular flexibility index (Phi) is 3.30. The lowest BCUT2D eigenvalue weighted by Gasteiger charge is -2.29. The van der Waals surface area contributed by atoms with E-state index < -0.39 is 0 Å². The van der Waals surface area contributed by atoms with Crippen molar-refractivity contribution in [2.24, 2.45) is 0 Å². The lowest BCUT2D eigenvalue weighted by atomic mass is 10.0. The summed E-state index contributed by atoms with van der Waals surface area (Å²) in [5.74, 6) is 1.01. The molecule has 5 heteroatoms. The van der Waals surface area contributed by atoms with Crippen molar-refractivity contribution in [3.63, 3.8) is 0 Å². The Balaban J connectivity index is 1.62. The summed E-state index contributed by atoms with van der Waals surface area (Å²) in [7, 11) is 1.68. The number of rotatable bonds is 2. The zero-order valence-electron chi connectivity index (χ0n) is 12.7. The molecule has 0 bridgehead atoms. The zero-order valence-corrected chi connectivity index (χ0v) is 12.7. The quantitative estimate of drug-likeness (QED) is 0.925. The van der Waals surface area contributed by atoms with E-state index in [1.165, 1.54) is 10.9 Å². The van der Waals surface area contributed by atoms with Crippen LogP contribution in [0.5, 0.6) is 5.75 Å². The molecule has 1 aromatic heterocycles. The van der Waals surface area contributed by atoms with E-state index in [2.05, 4.69) is 11.1 Å². The molecule has 1 fully saturated rings. The Morgan fingerprint density at radius 3 is 3.14 bits per heavy atom. The van der Waals surface area contributed by atoms with Crippen molar-refractivity contribution in [1.82, 2.24) is 9.88 Å². The molecule has 0 radical (unpaired) electrons. The number of aromatic amines is 1. The monoisotopic (exact) mass is 300 g/mol. The highest BCUT2D eigenvalue weighted by Gasteiger charge is 2.31. The molecule has 0 spiro atoms. The van der Waals surface area contributed by atoms with Gasteiger partial charge in [-0.3, -0.25) is 4.79 Å². The van der Waals surface area contributed by atoms with Crippen molar-refractivity contribution >= 4 is 16.8 Å². The maximum Gasteiger partial charge on any atom is 0.252 e. The van der Waals surface area contributed by atoms with Crippen LogP contribution in [0.2, 0.25) is 0 Å². The van der Waals surface area contributed by atoms with Crippen LogP contribution in [0.4, 0.5) is 0 Å². The molecule has 1 N–H and O–H groups in total. The molecule has 4 rings (SSSR count). The number of benzene rings is 1. The molecule has 22 heavy (non-hydrogen) atoms. The number of nitrogens with zero attached hydrogens (tertiary/aromatic N) is 1. The van der Waals surface area contributed by atoms with Crippen LogP contribution in [0.3, 0.4) is 0 Å².